The third kappa shape index (κ3) is 5.97. The van der Waals surface area contributed by atoms with Crippen LogP contribution in [-0.2, 0) is 9.53 Å². The maximum absolute atomic E-state index is 13.0. The molecule has 28 heavy (non-hydrogen) atoms. The number of amides is 1. The number of hydrogen-bond acceptors (Lipinski definition) is 4. The number of ether oxygens (including phenoxy) is 1. The average Bonchev–Trinajstić information content (AvgIpc) is 2.73. The summed E-state index contributed by atoms with van der Waals surface area (Å²) in [4.78, 5) is 27.0. The zero-order chi connectivity index (χ0) is 19.8. The van der Waals surface area contributed by atoms with E-state index < -0.39 is 0 Å². The van der Waals surface area contributed by atoms with Crippen molar-refractivity contribution >= 4 is 11.7 Å². The Morgan fingerprint density at radius 1 is 1.00 bits per heavy atom. The number of benzene rings is 2. The second-order valence-electron chi connectivity index (χ2n) is 6.87. The van der Waals surface area contributed by atoms with Gasteiger partial charge in [-0.05, 0) is 29.8 Å². The highest BCUT2D eigenvalue weighted by atomic mass is 19.1. The molecule has 1 aliphatic rings. The van der Waals surface area contributed by atoms with E-state index in [2.05, 4.69) is 10.2 Å². The van der Waals surface area contributed by atoms with E-state index in [4.69, 9.17) is 4.74 Å². The zero-order valence-electron chi connectivity index (χ0n) is 15.8. The third-order valence-corrected chi connectivity index (χ3v) is 4.83. The predicted octanol–water partition coefficient (Wildman–Crippen LogP) is 2.98. The van der Waals surface area contributed by atoms with Crippen LogP contribution in [0.2, 0.25) is 0 Å². The fourth-order valence-corrected chi connectivity index (χ4v) is 3.24. The van der Waals surface area contributed by atoms with Gasteiger partial charge in [0.05, 0.1) is 19.3 Å². The average molecular weight is 384 g/mol. The number of nitrogens with one attached hydrogen (secondary N) is 1. The first-order chi connectivity index (χ1) is 13.6. The normalized spacial score (nSPS) is 15.8. The number of rotatable bonds is 8. The van der Waals surface area contributed by atoms with E-state index in [0.29, 0.717) is 25.3 Å². The van der Waals surface area contributed by atoms with Gasteiger partial charge in [-0.15, -0.1) is 0 Å². The Hall–Kier alpha value is -2.57. The lowest BCUT2D eigenvalue weighted by molar-refractivity contribution is -0.122. The third-order valence-electron chi connectivity index (χ3n) is 4.83. The van der Waals surface area contributed by atoms with Crippen molar-refractivity contribution in [3.63, 3.8) is 0 Å². The summed E-state index contributed by atoms with van der Waals surface area (Å²) < 4.78 is 18.4. The van der Waals surface area contributed by atoms with Gasteiger partial charge in [-0.2, -0.15) is 0 Å². The maximum Gasteiger partial charge on any atom is 0.220 e. The number of nitrogens with zero attached hydrogens (tertiary/aromatic N) is 1. The van der Waals surface area contributed by atoms with Crippen LogP contribution < -0.4 is 5.32 Å². The summed E-state index contributed by atoms with van der Waals surface area (Å²) in [5, 5.41) is 3.06. The van der Waals surface area contributed by atoms with E-state index in [-0.39, 0.29) is 36.4 Å². The number of hydrogen-bond donors (Lipinski definition) is 1. The summed E-state index contributed by atoms with van der Waals surface area (Å²) in [7, 11) is 0. The van der Waals surface area contributed by atoms with E-state index in [1.165, 1.54) is 24.3 Å². The molecular weight excluding hydrogens is 359 g/mol. The van der Waals surface area contributed by atoms with Gasteiger partial charge in [-0.1, -0.05) is 30.3 Å². The molecule has 6 heteroatoms. The molecule has 1 saturated heterocycles. The van der Waals surface area contributed by atoms with Crippen molar-refractivity contribution in [3.8, 4) is 0 Å². The van der Waals surface area contributed by atoms with Crippen LogP contribution in [0, 0.1) is 5.82 Å². The van der Waals surface area contributed by atoms with Crippen LogP contribution >= 0.6 is 0 Å². The van der Waals surface area contributed by atoms with E-state index in [0.717, 1.165) is 18.7 Å². The highest BCUT2D eigenvalue weighted by Gasteiger charge is 2.20. The first kappa shape index (κ1) is 20.2. The Bertz CT molecular complexity index is 774. The number of Topliss-reactive ketones (excluding diaryl/α,β-unsaturated/α-hetero) is 1. The van der Waals surface area contributed by atoms with Crippen LogP contribution in [0.3, 0.4) is 0 Å². The minimum atomic E-state index is -0.386. The first-order valence-electron chi connectivity index (χ1n) is 9.55. The van der Waals surface area contributed by atoms with E-state index >= 15 is 0 Å². The lowest BCUT2D eigenvalue weighted by atomic mass is 10.0. The predicted molar refractivity (Wildman–Crippen MR) is 105 cm³/mol. The van der Waals surface area contributed by atoms with Crippen LogP contribution in [0.25, 0.3) is 0 Å². The molecule has 0 bridgehead atoms. The topological polar surface area (TPSA) is 58.6 Å². The molecule has 2 aromatic rings. The van der Waals surface area contributed by atoms with Gasteiger partial charge >= 0.3 is 0 Å². The zero-order valence-corrected chi connectivity index (χ0v) is 15.8. The Kier molecular flexibility index (Phi) is 7.28. The van der Waals surface area contributed by atoms with Gasteiger partial charge in [0, 0.05) is 38.0 Å². The van der Waals surface area contributed by atoms with Gasteiger partial charge in [0.15, 0.2) is 5.78 Å². The smallest absolute Gasteiger partial charge is 0.220 e. The molecule has 1 amide bonds. The molecule has 5 nitrogen and oxygen atoms in total. The molecular formula is C22H25FN2O3. The molecule has 0 aliphatic carbocycles. The van der Waals surface area contributed by atoms with Crippen molar-refractivity contribution in [2.24, 2.45) is 0 Å². The van der Waals surface area contributed by atoms with Crippen LogP contribution in [0.4, 0.5) is 4.39 Å². The molecule has 0 radical (unpaired) electrons. The molecule has 1 atom stereocenters. The van der Waals surface area contributed by atoms with Crippen molar-refractivity contribution in [1.82, 2.24) is 10.2 Å². The molecule has 1 fully saturated rings. The number of carbonyl (C=O) groups is 2. The Labute approximate surface area is 164 Å². The maximum atomic E-state index is 13.0. The fourth-order valence-electron chi connectivity index (χ4n) is 3.24. The van der Waals surface area contributed by atoms with Crippen LogP contribution in [0.1, 0.15) is 34.8 Å². The summed E-state index contributed by atoms with van der Waals surface area (Å²) in [6.07, 6.45) is 0.194. The van der Waals surface area contributed by atoms with Gasteiger partial charge in [-0.3, -0.25) is 14.5 Å². The lowest BCUT2D eigenvalue weighted by Gasteiger charge is -2.31. The molecule has 0 unspecified atom stereocenters. The number of halogens is 1. The molecule has 0 spiro atoms. The largest absolute Gasteiger partial charge is 0.379 e. The van der Waals surface area contributed by atoms with E-state index in [1.54, 1.807) is 0 Å². The van der Waals surface area contributed by atoms with Crippen LogP contribution in [0.5, 0.6) is 0 Å². The van der Waals surface area contributed by atoms with E-state index in [1.807, 2.05) is 30.3 Å². The SMILES string of the molecule is O=C(CCC(=O)c1ccc(F)cc1)N[C@H](CN1CCOCC1)c1ccccc1. The van der Waals surface area contributed by atoms with Crippen LogP contribution in [0.15, 0.2) is 54.6 Å². The van der Waals surface area contributed by atoms with Crippen molar-refractivity contribution < 1.29 is 18.7 Å². The second kappa shape index (κ2) is 10.1. The molecule has 1 heterocycles. The molecule has 3 rings (SSSR count). The summed E-state index contributed by atoms with van der Waals surface area (Å²) in [5.41, 5.74) is 1.45. The van der Waals surface area contributed by atoms with Gasteiger partial charge in [-0.25, -0.2) is 4.39 Å². The first-order valence-corrected chi connectivity index (χ1v) is 9.55. The van der Waals surface area contributed by atoms with Gasteiger partial charge < -0.3 is 10.1 Å². The summed E-state index contributed by atoms with van der Waals surface area (Å²) in [6.45, 7) is 3.76. The Morgan fingerprint density at radius 3 is 2.36 bits per heavy atom. The standard InChI is InChI=1S/C22H25FN2O3/c23-19-8-6-18(7-9-19)21(26)10-11-22(27)24-20(17-4-2-1-3-5-17)16-25-12-14-28-15-13-25/h1-9,20H,10-16H2,(H,24,27)/t20-/m1/s1. The Balaban J connectivity index is 1.57. The number of carbonyl (C=O) groups excluding carboxylic acids is 2. The van der Waals surface area contributed by atoms with Gasteiger partial charge in [0.25, 0.3) is 0 Å². The number of ketones is 1. The fraction of sp³-hybridized carbons (Fsp3) is 0.364. The number of morpholine rings is 1. The highest BCUT2D eigenvalue weighted by Crippen LogP contribution is 2.16. The summed E-state index contributed by atoms with van der Waals surface area (Å²) in [6, 6.07) is 15.1. The molecule has 148 valence electrons. The Morgan fingerprint density at radius 2 is 1.68 bits per heavy atom. The van der Waals surface area contributed by atoms with E-state index in [9.17, 15) is 14.0 Å². The molecule has 1 aliphatic heterocycles. The molecule has 0 saturated carbocycles. The van der Waals surface area contributed by atoms with Crippen LogP contribution in [-0.4, -0.2) is 49.4 Å². The molecule has 2 aromatic carbocycles. The minimum Gasteiger partial charge on any atom is -0.379 e. The summed E-state index contributed by atoms with van der Waals surface area (Å²) >= 11 is 0. The van der Waals surface area contributed by atoms with Gasteiger partial charge in [0.1, 0.15) is 5.82 Å². The second-order valence-corrected chi connectivity index (χ2v) is 6.87. The summed E-state index contributed by atoms with van der Waals surface area (Å²) in [5.74, 6) is -0.722. The van der Waals surface area contributed by atoms with Crippen molar-refractivity contribution in [1.29, 1.82) is 0 Å². The monoisotopic (exact) mass is 384 g/mol. The lowest BCUT2D eigenvalue weighted by Crippen LogP contribution is -2.43. The van der Waals surface area contributed by atoms with Crippen molar-refractivity contribution in [2.75, 3.05) is 32.8 Å². The minimum absolute atomic E-state index is 0.0938. The molecule has 0 aromatic heterocycles. The van der Waals surface area contributed by atoms with Crippen molar-refractivity contribution in [2.45, 2.75) is 18.9 Å². The highest BCUT2D eigenvalue weighted by molar-refractivity contribution is 5.97. The van der Waals surface area contributed by atoms with Crippen molar-refractivity contribution in [3.05, 3.63) is 71.5 Å². The quantitative estimate of drug-likeness (QED) is 0.711. The molecule has 1 N–H and O–H groups in total. The van der Waals surface area contributed by atoms with Gasteiger partial charge in [0.2, 0.25) is 5.91 Å².